The van der Waals surface area contributed by atoms with E-state index in [1.807, 2.05) is 0 Å². The van der Waals surface area contributed by atoms with E-state index in [0.29, 0.717) is 11.0 Å². The predicted octanol–water partition coefficient (Wildman–Crippen LogP) is 1.67. The predicted molar refractivity (Wildman–Crippen MR) is 76.1 cm³/mol. The van der Waals surface area contributed by atoms with Crippen molar-refractivity contribution in [3.05, 3.63) is 51.8 Å². The summed E-state index contributed by atoms with van der Waals surface area (Å²) in [5, 5.41) is 18.3. The van der Waals surface area contributed by atoms with Crippen LogP contribution in [-0.4, -0.2) is 27.1 Å². The number of pyridine rings is 1. The Balaban J connectivity index is 2.41. The van der Waals surface area contributed by atoms with Crippen LogP contribution in [0.15, 0.2) is 39.5 Å². The van der Waals surface area contributed by atoms with Crippen LogP contribution in [0.1, 0.15) is 16.1 Å². The first-order valence-corrected chi connectivity index (χ1v) is 6.28. The van der Waals surface area contributed by atoms with Crippen molar-refractivity contribution in [1.29, 1.82) is 0 Å². The third-order valence-electron chi connectivity index (χ3n) is 3.20. The third kappa shape index (κ3) is 2.18. The number of benzene rings is 1. The van der Waals surface area contributed by atoms with Gasteiger partial charge in [-0.25, -0.2) is 9.78 Å². The van der Waals surface area contributed by atoms with E-state index in [-0.39, 0.29) is 22.4 Å². The Morgan fingerprint density at radius 2 is 1.86 bits per heavy atom. The summed E-state index contributed by atoms with van der Waals surface area (Å²) in [6.07, 6.45) is -0.575. The van der Waals surface area contributed by atoms with Gasteiger partial charge in [0.15, 0.2) is 0 Å². The average Bonchev–Trinajstić information content (AvgIpc) is 2.46. The maximum Gasteiger partial charge on any atom is 0.337 e. The second kappa shape index (κ2) is 4.96. The Labute approximate surface area is 122 Å². The monoisotopic (exact) mass is 299 g/mol. The quantitative estimate of drug-likeness (QED) is 0.706. The van der Waals surface area contributed by atoms with E-state index < -0.39 is 23.8 Å². The molecule has 1 aromatic carbocycles. The Bertz CT molecular complexity index is 988. The summed E-state index contributed by atoms with van der Waals surface area (Å²) in [5.74, 6) is -2.57. The first-order valence-electron chi connectivity index (χ1n) is 6.28. The Morgan fingerprint density at radius 3 is 2.55 bits per heavy atom. The van der Waals surface area contributed by atoms with Crippen LogP contribution in [0.25, 0.3) is 22.1 Å². The molecule has 0 radical (unpaired) electrons. The second-order valence-electron chi connectivity index (χ2n) is 4.64. The van der Waals surface area contributed by atoms with E-state index in [1.54, 1.807) is 24.3 Å². The number of aromatic nitrogens is 1. The van der Waals surface area contributed by atoms with Crippen LogP contribution >= 0.6 is 0 Å². The number of rotatable bonds is 3. The SMILES string of the molecule is O=C(O)Cc1nc2oc3ccccc3c(=O)c2cc1C(=O)O. The van der Waals surface area contributed by atoms with Crippen molar-refractivity contribution >= 4 is 34.0 Å². The standard InChI is InChI=1S/C15H9NO6/c17-12(18)6-10-8(15(20)21)5-9-13(19)7-3-1-2-4-11(7)22-14(9)16-10/h1-5H,6H2,(H,17,18)(H,20,21). The van der Waals surface area contributed by atoms with Crippen LogP contribution < -0.4 is 5.43 Å². The minimum atomic E-state index is -1.35. The van der Waals surface area contributed by atoms with Crippen LogP contribution in [-0.2, 0) is 11.2 Å². The first kappa shape index (κ1) is 13.7. The zero-order valence-electron chi connectivity index (χ0n) is 11.1. The molecule has 2 aromatic heterocycles. The fourth-order valence-corrected chi connectivity index (χ4v) is 2.23. The van der Waals surface area contributed by atoms with Gasteiger partial charge in [-0.2, -0.15) is 0 Å². The number of carboxylic acids is 2. The number of carbonyl (C=O) groups is 2. The summed E-state index contributed by atoms with van der Waals surface area (Å²) in [4.78, 5) is 38.4. The fraction of sp³-hybridized carbons (Fsp3) is 0.0667. The van der Waals surface area contributed by atoms with Gasteiger partial charge in [0.05, 0.1) is 28.5 Å². The summed E-state index contributed by atoms with van der Waals surface area (Å²) in [6.45, 7) is 0. The lowest BCUT2D eigenvalue weighted by Crippen LogP contribution is -2.13. The lowest BCUT2D eigenvalue weighted by atomic mass is 10.1. The van der Waals surface area contributed by atoms with Gasteiger partial charge >= 0.3 is 11.9 Å². The largest absolute Gasteiger partial charge is 0.481 e. The van der Waals surface area contributed by atoms with E-state index in [9.17, 15) is 19.5 Å². The van der Waals surface area contributed by atoms with E-state index >= 15 is 0 Å². The molecule has 0 aliphatic heterocycles. The van der Waals surface area contributed by atoms with Crippen LogP contribution in [0, 0.1) is 0 Å². The van der Waals surface area contributed by atoms with Gasteiger partial charge in [0.25, 0.3) is 0 Å². The molecule has 0 saturated carbocycles. The molecule has 0 atom stereocenters. The molecule has 0 spiro atoms. The zero-order chi connectivity index (χ0) is 15.9. The van der Waals surface area contributed by atoms with Gasteiger partial charge in [-0.3, -0.25) is 9.59 Å². The number of hydrogen-bond donors (Lipinski definition) is 2. The van der Waals surface area contributed by atoms with Gasteiger partial charge in [-0.15, -0.1) is 0 Å². The summed E-state index contributed by atoms with van der Waals surface area (Å²) in [7, 11) is 0. The van der Waals surface area contributed by atoms with Crippen molar-refractivity contribution in [2.24, 2.45) is 0 Å². The minimum absolute atomic E-state index is 0.00485. The molecule has 7 nitrogen and oxygen atoms in total. The number of hydrogen-bond acceptors (Lipinski definition) is 5. The highest BCUT2D eigenvalue weighted by Crippen LogP contribution is 2.20. The van der Waals surface area contributed by atoms with Gasteiger partial charge in [0, 0.05) is 0 Å². The van der Waals surface area contributed by atoms with Crippen LogP contribution in [0.5, 0.6) is 0 Å². The molecule has 0 unspecified atom stereocenters. The number of para-hydroxylation sites is 1. The highest BCUT2D eigenvalue weighted by molar-refractivity contribution is 5.96. The third-order valence-corrected chi connectivity index (χ3v) is 3.20. The van der Waals surface area contributed by atoms with E-state index in [1.165, 1.54) is 0 Å². The molecule has 0 fully saturated rings. The van der Waals surface area contributed by atoms with Crippen molar-refractivity contribution < 1.29 is 24.2 Å². The molecular weight excluding hydrogens is 290 g/mol. The molecule has 2 N–H and O–H groups in total. The summed E-state index contributed by atoms with van der Waals surface area (Å²) in [6, 6.07) is 7.60. The Morgan fingerprint density at radius 1 is 1.14 bits per heavy atom. The topological polar surface area (TPSA) is 118 Å². The molecule has 2 heterocycles. The molecule has 3 rings (SSSR count). The van der Waals surface area contributed by atoms with Gasteiger partial charge in [-0.05, 0) is 18.2 Å². The van der Waals surface area contributed by atoms with Crippen molar-refractivity contribution in [1.82, 2.24) is 4.98 Å². The molecule has 0 saturated heterocycles. The van der Waals surface area contributed by atoms with Gasteiger partial charge in [0.2, 0.25) is 11.1 Å². The fourth-order valence-electron chi connectivity index (χ4n) is 2.23. The highest BCUT2D eigenvalue weighted by atomic mass is 16.4. The number of fused-ring (bicyclic) bond motifs is 2. The summed E-state index contributed by atoms with van der Waals surface area (Å²) >= 11 is 0. The number of carboxylic acid groups (broad SMARTS) is 2. The zero-order valence-corrected chi connectivity index (χ0v) is 11.1. The van der Waals surface area contributed by atoms with E-state index in [4.69, 9.17) is 9.52 Å². The van der Waals surface area contributed by atoms with Crippen LogP contribution in [0.2, 0.25) is 0 Å². The van der Waals surface area contributed by atoms with Crippen molar-refractivity contribution in [3.8, 4) is 0 Å². The lowest BCUT2D eigenvalue weighted by Gasteiger charge is -2.06. The number of aliphatic carboxylic acids is 1. The second-order valence-corrected chi connectivity index (χ2v) is 4.64. The molecule has 7 heteroatoms. The minimum Gasteiger partial charge on any atom is -0.481 e. The first-order chi connectivity index (χ1) is 10.5. The normalized spacial score (nSPS) is 10.9. The van der Waals surface area contributed by atoms with Crippen molar-refractivity contribution in [2.45, 2.75) is 6.42 Å². The molecule has 3 aromatic rings. The van der Waals surface area contributed by atoms with E-state index in [2.05, 4.69) is 4.98 Å². The lowest BCUT2D eigenvalue weighted by molar-refractivity contribution is -0.136. The molecular formula is C15H9NO6. The van der Waals surface area contributed by atoms with Crippen molar-refractivity contribution in [2.75, 3.05) is 0 Å². The molecule has 0 bridgehead atoms. The molecule has 0 aliphatic rings. The summed E-state index contributed by atoms with van der Waals surface area (Å²) in [5.41, 5.74) is -0.668. The molecule has 0 aliphatic carbocycles. The highest BCUT2D eigenvalue weighted by Gasteiger charge is 2.19. The van der Waals surface area contributed by atoms with Gasteiger partial charge in [-0.1, -0.05) is 12.1 Å². The van der Waals surface area contributed by atoms with Crippen LogP contribution in [0.4, 0.5) is 0 Å². The van der Waals surface area contributed by atoms with Crippen molar-refractivity contribution in [3.63, 3.8) is 0 Å². The Hall–Kier alpha value is -3.22. The smallest absolute Gasteiger partial charge is 0.337 e. The van der Waals surface area contributed by atoms with E-state index in [0.717, 1.165) is 6.07 Å². The average molecular weight is 299 g/mol. The maximum atomic E-state index is 12.4. The number of aromatic carboxylic acids is 1. The molecule has 0 amide bonds. The molecule has 110 valence electrons. The van der Waals surface area contributed by atoms with Gasteiger partial charge in [0.1, 0.15) is 5.58 Å². The van der Waals surface area contributed by atoms with Gasteiger partial charge < -0.3 is 14.6 Å². The van der Waals surface area contributed by atoms with Crippen LogP contribution in [0.3, 0.4) is 0 Å². The molecule has 22 heavy (non-hydrogen) atoms. The maximum absolute atomic E-state index is 12.4. The summed E-state index contributed by atoms with van der Waals surface area (Å²) < 4.78 is 5.49. The number of nitrogens with zero attached hydrogens (tertiary/aromatic N) is 1. The Kier molecular flexibility index (Phi) is 3.10.